The van der Waals surface area contributed by atoms with Crippen molar-refractivity contribution in [1.29, 1.82) is 0 Å². The normalized spacial score (nSPS) is 22.0. The average molecular weight is 691 g/mol. The number of nitrogens with two attached hydrogens (primary N) is 2. The first-order valence-corrected chi connectivity index (χ1v) is 17.1. The van der Waals surface area contributed by atoms with Crippen molar-refractivity contribution < 1.29 is 28.2 Å². The minimum absolute atomic E-state index is 0.0737. The highest BCUT2D eigenvalue weighted by Gasteiger charge is 2.46. The zero-order valence-corrected chi connectivity index (χ0v) is 28.3. The van der Waals surface area contributed by atoms with Gasteiger partial charge in [-0.15, -0.1) is 0 Å². The molecule has 0 spiro atoms. The van der Waals surface area contributed by atoms with E-state index < -0.39 is 17.1 Å². The molecule has 2 atom stereocenters. The Bertz CT molecular complexity index is 1840. The van der Waals surface area contributed by atoms with Crippen molar-refractivity contribution in [3.05, 3.63) is 63.6 Å². The fraction of sp³-hybridized carbons (Fsp3) is 0.472. The summed E-state index contributed by atoms with van der Waals surface area (Å²) < 4.78 is 31.4. The number of rotatable bonds is 11. The molecule has 0 unspecified atom stereocenters. The second-order valence-corrected chi connectivity index (χ2v) is 14.1. The minimum atomic E-state index is -1.57. The number of primary amides is 1. The molecule has 2 aliphatic heterocycles. The van der Waals surface area contributed by atoms with Crippen LogP contribution in [0.2, 0.25) is 5.02 Å². The summed E-state index contributed by atoms with van der Waals surface area (Å²) in [5.41, 5.74) is 15.4. The molecule has 3 fully saturated rings. The highest BCUT2D eigenvalue weighted by atomic mass is 35.5. The van der Waals surface area contributed by atoms with Crippen molar-refractivity contribution in [3.8, 4) is 22.8 Å². The van der Waals surface area contributed by atoms with Crippen LogP contribution in [0.15, 0.2) is 35.5 Å². The highest BCUT2D eigenvalue weighted by Crippen LogP contribution is 2.50. The number of hydrogen-bond donors (Lipinski definition) is 3. The molecule has 7 rings (SSSR count). The van der Waals surface area contributed by atoms with Gasteiger partial charge in [-0.2, -0.15) is 0 Å². The summed E-state index contributed by atoms with van der Waals surface area (Å²) in [7, 11) is 1.46. The number of alkyl halides is 1. The quantitative estimate of drug-likeness (QED) is 0.140. The van der Waals surface area contributed by atoms with Crippen molar-refractivity contribution in [3.63, 3.8) is 0 Å². The van der Waals surface area contributed by atoms with Crippen LogP contribution in [0.1, 0.15) is 90.2 Å². The molecular formula is C36H40ClFN6O5. The smallest absolute Gasteiger partial charge is 0.251 e. The summed E-state index contributed by atoms with van der Waals surface area (Å²) in [5.74, 6) is -1.44. The van der Waals surface area contributed by atoms with E-state index in [1.54, 1.807) is 25.3 Å². The lowest BCUT2D eigenvalue weighted by molar-refractivity contribution is -0.123. The van der Waals surface area contributed by atoms with Crippen molar-refractivity contribution in [2.24, 2.45) is 16.6 Å². The Morgan fingerprint density at radius 2 is 1.98 bits per heavy atom. The van der Waals surface area contributed by atoms with Crippen LogP contribution in [0.5, 0.6) is 11.5 Å². The fourth-order valence-corrected chi connectivity index (χ4v) is 7.02. The molecule has 4 heterocycles. The lowest BCUT2D eigenvalue weighted by atomic mass is 9.82. The number of fused-ring (bicyclic) bond motifs is 1. The van der Waals surface area contributed by atoms with Crippen LogP contribution in [-0.2, 0) is 14.9 Å². The topological polar surface area (TPSA) is 164 Å². The number of pyridine rings is 2. The number of halogens is 2. The molecule has 0 bridgehead atoms. The van der Waals surface area contributed by atoms with E-state index in [1.165, 1.54) is 13.3 Å². The van der Waals surface area contributed by atoms with E-state index in [-0.39, 0.29) is 42.5 Å². The molecule has 258 valence electrons. The maximum Gasteiger partial charge on any atom is 0.251 e. The average Bonchev–Trinajstić information content (AvgIpc) is 4.04. The molecule has 4 aliphatic rings. The maximum absolute atomic E-state index is 14.2. The largest absolute Gasteiger partial charge is 0.495 e. The van der Waals surface area contributed by atoms with Gasteiger partial charge in [0.2, 0.25) is 5.91 Å². The molecule has 2 amide bonds. The summed E-state index contributed by atoms with van der Waals surface area (Å²) in [6.45, 7) is 3.39. The number of hydrogen-bond acceptors (Lipinski definition) is 9. The van der Waals surface area contributed by atoms with Gasteiger partial charge in [-0.25, -0.2) is 9.37 Å². The lowest BCUT2D eigenvalue weighted by Crippen LogP contribution is -2.40. The molecule has 1 saturated heterocycles. The third-order valence-electron chi connectivity index (χ3n) is 10.2. The first kappa shape index (κ1) is 33.2. The number of methoxy groups -OCH3 is 1. The van der Waals surface area contributed by atoms with Crippen LogP contribution >= 0.6 is 11.6 Å². The van der Waals surface area contributed by atoms with Gasteiger partial charge in [0.1, 0.15) is 29.2 Å². The number of nitrogens with zero attached hydrogens (tertiary/aromatic N) is 3. The number of aromatic nitrogens is 2. The van der Waals surface area contributed by atoms with Gasteiger partial charge in [-0.05, 0) is 62.8 Å². The summed E-state index contributed by atoms with van der Waals surface area (Å²) in [5, 5.41) is 3.56. The number of ether oxygens (including phenoxy) is 3. The first-order chi connectivity index (χ1) is 23.5. The summed E-state index contributed by atoms with van der Waals surface area (Å²) in [6.07, 6.45) is 7.35. The number of nitrogens with one attached hydrogen (secondary N) is 1. The number of anilines is 1. The summed E-state index contributed by atoms with van der Waals surface area (Å²) in [4.78, 5) is 40.3. The van der Waals surface area contributed by atoms with Gasteiger partial charge in [-0.3, -0.25) is 19.6 Å². The third kappa shape index (κ3) is 6.43. The number of aliphatic imine (C=N–C) groups is 1. The predicted molar refractivity (Wildman–Crippen MR) is 183 cm³/mol. The van der Waals surface area contributed by atoms with E-state index in [4.69, 9.17) is 42.3 Å². The second-order valence-electron chi connectivity index (χ2n) is 13.7. The monoisotopic (exact) mass is 690 g/mol. The van der Waals surface area contributed by atoms with E-state index in [1.807, 2.05) is 12.1 Å². The molecule has 13 heteroatoms. The van der Waals surface area contributed by atoms with Crippen LogP contribution in [0.4, 0.5) is 10.1 Å². The van der Waals surface area contributed by atoms with Gasteiger partial charge in [0.25, 0.3) is 5.91 Å². The Morgan fingerprint density at radius 3 is 2.65 bits per heavy atom. The second kappa shape index (κ2) is 12.9. The summed E-state index contributed by atoms with van der Waals surface area (Å²) >= 11 is 7.09. The van der Waals surface area contributed by atoms with Crippen LogP contribution in [-0.4, -0.2) is 67.3 Å². The number of benzene rings is 1. The number of amides is 2. The molecule has 3 aromatic rings. The number of carbonyl (C=O) groups excluding carboxylic acids is 2. The standard InChI is InChI=1S/C36H40ClFN6O5/c1-35(34(40)46)18-49-32-25(35)15-26(44-31(32)23-5-10-41-30(28(23)37)20-6-11-48-12-7-20)24(19-3-4-19)17-42-33(45)21-13-22(16-43-36(38)8-9-36)29(39)27(14-21)47-2/h5,10,13-16,19-20,24H,3-4,6-9,11-12,17-18,39H2,1-2H3,(H2,40,46)(H,42,45)/b43-16+/t24-,35-/m0/s1. The minimum Gasteiger partial charge on any atom is -0.495 e. The molecule has 0 radical (unpaired) electrons. The highest BCUT2D eigenvalue weighted by molar-refractivity contribution is 6.34. The van der Waals surface area contributed by atoms with E-state index in [0.717, 1.165) is 31.4 Å². The van der Waals surface area contributed by atoms with Crippen LogP contribution in [0.3, 0.4) is 0 Å². The third-order valence-corrected chi connectivity index (χ3v) is 10.6. The lowest BCUT2D eigenvalue weighted by Gasteiger charge is -2.24. The van der Waals surface area contributed by atoms with Crippen LogP contribution < -0.4 is 26.3 Å². The van der Waals surface area contributed by atoms with E-state index in [0.29, 0.717) is 76.2 Å². The van der Waals surface area contributed by atoms with Crippen molar-refractivity contribution in [2.75, 3.05) is 39.2 Å². The van der Waals surface area contributed by atoms with Gasteiger partial charge in [0, 0.05) is 84.8 Å². The van der Waals surface area contributed by atoms with E-state index in [2.05, 4.69) is 15.3 Å². The molecule has 2 aliphatic carbocycles. The Labute approximate surface area is 289 Å². The maximum atomic E-state index is 14.2. The zero-order valence-electron chi connectivity index (χ0n) is 27.6. The molecule has 1 aromatic carbocycles. The SMILES string of the molecule is COc1cc(C(=O)NC[C@H](c2cc3c(c(-c4ccnc(C5CCOCC5)c4Cl)n2)OC[C@]3(C)C(N)=O)C2CC2)cc(/C=N/C2(F)CC2)c1N. The Kier molecular flexibility index (Phi) is 8.72. The van der Waals surface area contributed by atoms with Gasteiger partial charge in [-0.1, -0.05) is 11.6 Å². The molecule has 2 saturated carbocycles. The first-order valence-electron chi connectivity index (χ1n) is 16.7. The Hall–Kier alpha value is -4.29. The van der Waals surface area contributed by atoms with Crippen molar-refractivity contribution in [1.82, 2.24) is 15.3 Å². The molecule has 2 aromatic heterocycles. The summed E-state index contributed by atoms with van der Waals surface area (Å²) in [6, 6.07) is 6.85. The van der Waals surface area contributed by atoms with Crippen molar-refractivity contribution >= 4 is 35.3 Å². The molecular weight excluding hydrogens is 651 g/mol. The number of carbonyl (C=O) groups is 2. The Balaban J connectivity index is 1.23. The fourth-order valence-electron chi connectivity index (χ4n) is 6.67. The number of nitrogen functional groups attached to an aromatic ring is 1. The zero-order chi connectivity index (χ0) is 34.5. The van der Waals surface area contributed by atoms with Crippen LogP contribution in [0.25, 0.3) is 11.3 Å². The Morgan fingerprint density at radius 1 is 1.22 bits per heavy atom. The predicted octanol–water partition coefficient (Wildman–Crippen LogP) is 5.22. The van der Waals surface area contributed by atoms with Gasteiger partial charge < -0.3 is 31.0 Å². The molecule has 49 heavy (non-hydrogen) atoms. The van der Waals surface area contributed by atoms with Crippen molar-refractivity contribution in [2.45, 2.75) is 68.5 Å². The molecule has 5 N–H and O–H groups in total. The van der Waals surface area contributed by atoms with E-state index in [9.17, 15) is 14.0 Å². The molecule has 11 nitrogen and oxygen atoms in total. The van der Waals surface area contributed by atoms with Gasteiger partial charge in [0.15, 0.2) is 5.79 Å². The van der Waals surface area contributed by atoms with Gasteiger partial charge in [0.05, 0.1) is 23.5 Å². The van der Waals surface area contributed by atoms with E-state index >= 15 is 0 Å². The van der Waals surface area contributed by atoms with Gasteiger partial charge >= 0.3 is 0 Å². The van der Waals surface area contributed by atoms with Crippen LogP contribution in [0, 0.1) is 5.92 Å².